The summed E-state index contributed by atoms with van der Waals surface area (Å²) in [6.07, 6.45) is 1.32. The number of sulfonamides is 1. The van der Waals surface area contributed by atoms with E-state index in [1.54, 1.807) is 18.2 Å². The fourth-order valence-corrected chi connectivity index (χ4v) is 2.62. The van der Waals surface area contributed by atoms with Gasteiger partial charge in [-0.15, -0.1) is 0 Å². The zero-order chi connectivity index (χ0) is 17.9. The molecule has 0 saturated carbocycles. The van der Waals surface area contributed by atoms with Crippen molar-refractivity contribution in [3.05, 3.63) is 62.1 Å². The maximum Gasteiger partial charge on any atom is 0.295 e. The third-order valence-corrected chi connectivity index (χ3v) is 4.61. The lowest BCUT2D eigenvalue weighted by Crippen LogP contribution is -2.12. The molecule has 0 fully saturated rings. The maximum atomic E-state index is 11.3. The molecule has 3 N–H and O–H groups in total. The number of anilines is 1. The van der Waals surface area contributed by atoms with Crippen LogP contribution in [0.15, 0.2) is 46.4 Å². The van der Waals surface area contributed by atoms with Crippen LogP contribution in [0.25, 0.3) is 0 Å². The van der Waals surface area contributed by atoms with Crippen molar-refractivity contribution in [2.24, 2.45) is 10.2 Å². The summed E-state index contributed by atoms with van der Waals surface area (Å²) >= 11 is 11.9. The normalized spacial score (nSPS) is 11.6. The van der Waals surface area contributed by atoms with Gasteiger partial charge in [0, 0.05) is 11.6 Å². The zero-order valence-electron chi connectivity index (χ0n) is 11.8. The van der Waals surface area contributed by atoms with Crippen LogP contribution in [0.4, 0.5) is 11.4 Å². The first-order chi connectivity index (χ1) is 11.2. The Morgan fingerprint density at radius 2 is 1.96 bits per heavy atom. The number of benzene rings is 2. The number of nitrogens with zero attached hydrogens (tertiary/aromatic N) is 2. The number of nitro groups is 1. The van der Waals surface area contributed by atoms with Crippen molar-refractivity contribution in [1.29, 1.82) is 0 Å². The molecular formula is C13H10Cl2N4O4S. The molecule has 0 radical (unpaired) electrons. The Bertz CT molecular complexity index is 932. The van der Waals surface area contributed by atoms with Gasteiger partial charge in [0.25, 0.3) is 5.69 Å². The van der Waals surface area contributed by atoms with Gasteiger partial charge in [-0.3, -0.25) is 15.5 Å². The number of hydrogen-bond donors (Lipinski definition) is 2. The van der Waals surface area contributed by atoms with E-state index in [1.165, 1.54) is 12.3 Å². The van der Waals surface area contributed by atoms with Gasteiger partial charge in [0.2, 0.25) is 10.0 Å². The summed E-state index contributed by atoms with van der Waals surface area (Å²) in [5, 5.41) is 20.5. The zero-order valence-corrected chi connectivity index (χ0v) is 14.1. The Balaban J connectivity index is 2.31. The van der Waals surface area contributed by atoms with Crippen molar-refractivity contribution in [2.75, 3.05) is 5.43 Å². The Hall–Kier alpha value is -2.20. The molecule has 0 atom stereocenters. The molecule has 2 rings (SSSR count). The topological polar surface area (TPSA) is 128 Å². The second kappa shape index (κ2) is 7.14. The molecule has 2 aromatic carbocycles. The predicted octanol–water partition coefficient (Wildman–Crippen LogP) is 3.00. The highest BCUT2D eigenvalue weighted by Gasteiger charge is 2.18. The summed E-state index contributed by atoms with van der Waals surface area (Å²) in [6, 6.07) is 8.09. The molecule has 0 bridgehead atoms. The Morgan fingerprint density at radius 1 is 1.25 bits per heavy atom. The average Bonchev–Trinajstić information content (AvgIpc) is 2.50. The van der Waals surface area contributed by atoms with Gasteiger partial charge >= 0.3 is 0 Å². The molecule has 0 unspecified atom stereocenters. The molecule has 0 aliphatic heterocycles. The minimum atomic E-state index is -4.05. The smallest absolute Gasteiger partial charge is 0.272 e. The molecule has 0 saturated heterocycles. The van der Waals surface area contributed by atoms with Gasteiger partial charge in [-0.1, -0.05) is 35.3 Å². The summed E-state index contributed by atoms with van der Waals surface area (Å²) in [5.74, 6) is 0. The van der Waals surface area contributed by atoms with Crippen LogP contribution < -0.4 is 10.6 Å². The molecule has 0 spiro atoms. The van der Waals surface area contributed by atoms with Crippen LogP contribution in [0.3, 0.4) is 0 Å². The van der Waals surface area contributed by atoms with Gasteiger partial charge in [-0.25, -0.2) is 13.6 Å². The van der Waals surface area contributed by atoms with E-state index in [0.29, 0.717) is 10.6 Å². The molecule has 126 valence electrons. The fraction of sp³-hybridized carbons (Fsp3) is 0. The van der Waals surface area contributed by atoms with Crippen LogP contribution in [-0.2, 0) is 10.0 Å². The van der Waals surface area contributed by atoms with E-state index in [2.05, 4.69) is 10.5 Å². The highest BCUT2D eigenvalue weighted by Crippen LogP contribution is 2.27. The van der Waals surface area contributed by atoms with Gasteiger partial charge in [0.15, 0.2) is 0 Å². The standard InChI is InChI=1S/C13H10Cl2N4O4S/c14-10-3-1-2-8(13(10)15)7-17-18-11-5-4-9(24(16,22)23)6-12(11)19(20)21/h1-7,18H,(H2,16,22,23). The summed E-state index contributed by atoms with van der Waals surface area (Å²) < 4.78 is 22.5. The summed E-state index contributed by atoms with van der Waals surface area (Å²) in [6.45, 7) is 0. The van der Waals surface area contributed by atoms with E-state index in [1.807, 2.05) is 0 Å². The lowest BCUT2D eigenvalue weighted by molar-refractivity contribution is -0.384. The Kier molecular flexibility index (Phi) is 5.40. The van der Waals surface area contributed by atoms with Crippen molar-refractivity contribution in [2.45, 2.75) is 4.90 Å². The van der Waals surface area contributed by atoms with Gasteiger partial charge in [0.05, 0.1) is 26.1 Å². The molecule has 0 aliphatic carbocycles. The summed E-state index contributed by atoms with van der Waals surface area (Å²) in [5.41, 5.74) is 2.46. The van der Waals surface area contributed by atoms with Crippen LogP contribution in [0.2, 0.25) is 10.0 Å². The van der Waals surface area contributed by atoms with E-state index >= 15 is 0 Å². The molecule has 2 aromatic rings. The first-order valence-corrected chi connectivity index (χ1v) is 8.54. The maximum absolute atomic E-state index is 11.3. The molecule has 0 aliphatic rings. The average molecular weight is 389 g/mol. The first kappa shape index (κ1) is 18.1. The first-order valence-electron chi connectivity index (χ1n) is 6.24. The van der Waals surface area contributed by atoms with Crippen molar-refractivity contribution < 1.29 is 13.3 Å². The molecule has 0 amide bonds. The number of hydrazone groups is 1. The molecular weight excluding hydrogens is 379 g/mol. The predicted molar refractivity (Wildman–Crippen MR) is 92.1 cm³/mol. The molecule has 8 nitrogen and oxygen atoms in total. The second-order valence-corrected chi connectivity index (χ2v) is 6.84. The summed E-state index contributed by atoms with van der Waals surface area (Å²) in [7, 11) is -4.05. The van der Waals surface area contributed by atoms with E-state index in [0.717, 1.165) is 12.1 Å². The minimum absolute atomic E-state index is 0.0122. The number of hydrogen-bond acceptors (Lipinski definition) is 6. The SMILES string of the molecule is NS(=O)(=O)c1ccc(NN=Cc2cccc(Cl)c2Cl)c([N+](=O)[O-])c1. The van der Waals surface area contributed by atoms with Crippen molar-refractivity contribution in [3.63, 3.8) is 0 Å². The number of nitrogens with one attached hydrogen (secondary N) is 1. The molecule has 11 heteroatoms. The lowest BCUT2D eigenvalue weighted by Gasteiger charge is -2.04. The van der Waals surface area contributed by atoms with E-state index in [-0.39, 0.29) is 15.6 Å². The Morgan fingerprint density at radius 3 is 2.58 bits per heavy atom. The Labute approximate surface area is 147 Å². The van der Waals surface area contributed by atoms with E-state index in [9.17, 15) is 18.5 Å². The fourth-order valence-electron chi connectivity index (χ4n) is 1.73. The number of rotatable bonds is 5. The van der Waals surface area contributed by atoms with Crippen molar-refractivity contribution in [1.82, 2.24) is 0 Å². The van der Waals surface area contributed by atoms with Gasteiger partial charge in [-0.2, -0.15) is 5.10 Å². The monoisotopic (exact) mass is 388 g/mol. The number of nitro benzene ring substituents is 1. The third-order valence-electron chi connectivity index (χ3n) is 2.86. The second-order valence-electron chi connectivity index (χ2n) is 4.49. The number of primary sulfonamides is 1. The van der Waals surface area contributed by atoms with Gasteiger partial charge in [0.1, 0.15) is 5.69 Å². The van der Waals surface area contributed by atoms with Crippen molar-refractivity contribution >= 4 is 50.8 Å². The highest BCUT2D eigenvalue weighted by atomic mass is 35.5. The molecule has 0 heterocycles. The minimum Gasteiger partial charge on any atom is -0.272 e. The quantitative estimate of drug-likeness (QED) is 0.462. The summed E-state index contributed by atoms with van der Waals surface area (Å²) in [4.78, 5) is 9.95. The highest BCUT2D eigenvalue weighted by molar-refractivity contribution is 7.89. The van der Waals surface area contributed by atoms with Gasteiger partial charge in [-0.05, 0) is 18.2 Å². The van der Waals surface area contributed by atoms with Crippen LogP contribution in [0.5, 0.6) is 0 Å². The third kappa shape index (κ3) is 4.20. The molecule has 0 aromatic heterocycles. The van der Waals surface area contributed by atoms with Gasteiger partial charge < -0.3 is 0 Å². The van der Waals surface area contributed by atoms with E-state index in [4.69, 9.17) is 28.3 Å². The van der Waals surface area contributed by atoms with Crippen LogP contribution >= 0.6 is 23.2 Å². The number of nitrogens with two attached hydrogens (primary N) is 1. The van der Waals surface area contributed by atoms with E-state index < -0.39 is 20.6 Å². The lowest BCUT2D eigenvalue weighted by atomic mass is 10.2. The largest absolute Gasteiger partial charge is 0.295 e. The van der Waals surface area contributed by atoms with Crippen LogP contribution in [0, 0.1) is 10.1 Å². The van der Waals surface area contributed by atoms with Crippen molar-refractivity contribution in [3.8, 4) is 0 Å². The molecule has 24 heavy (non-hydrogen) atoms. The van der Waals surface area contributed by atoms with Crippen LogP contribution in [0.1, 0.15) is 5.56 Å². The number of halogens is 2. The van der Waals surface area contributed by atoms with Crippen LogP contribution in [-0.4, -0.2) is 19.6 Å².